The van der Waals surface area contributed by atoms with Crippen molar-refractivity contribution in [3.05, 3.63) is 0 Å². The van der Waals surface area contributed by atoms with Gasteiger partial charge >= 0.3 is 6.18 Å². The van der Waals surface area contributed by atoms with Gasteiger partial charge in [-0.05, 0) is 12.8 Å². The van der Waals surface area contributed by atoms with Gasteiger partial charge in [-0.3, -0.25) is 9.63 Å². The van der Waals surface area contributed by atoms with Crippen LogP contribution >= 0.6 is 0 Å². The van der Waals surface area contributed by atoms with Crippen LogP contribution in [-0.4, -0.2) is 24.2 Å². The molecule has 3 N–H and O–H groups in total. The molecule has 1 amide bonds. The third-order valence-corrected chi connectivity index (χ3v) is 2.53. The summed E-state index contributed by atoms with van der Waals surface area (Å²) in [7, 11) is 0. The van der Waals surface area contributed by atoms with Crippen LogP contribution < -0.4 is 11.2 Å². The van der Waals surface area contributed by atoms with Gasteiger partial charge in [-0.15, -0.1) is 0 Å². The van der Waals surface area contributed by atoms with Gasteiger partial charge in [0.1, 0.15) is 0 Å². The first-order valence-electron chi connectivity index (χ1n) is 5.07. The number of amides is 1. The van der Waals surface area contributed by atoms with Crippen LogP contribution in [0.15, 0.2) is 0 Å². The monoisotopic (exact) mass is 240 g/mol. The summed E-state index contributed by atoms with van der Waals surface area (Å²) in [6.07, 6.45) is -1.09. The number of nitrogens with two attached hydrogens (primary N) is 1. The molecule has 0 aromatic carbocycles. The average molecular weight is 240 g/mol. The molecule has 1 fully saturated rings. The molecule has 0 unspecified atom stereocenters. The van der Waals surface area contributed by atoms with Gasteiger partial charge in [0.2, 0.25) is 5.91 Å². The van der Waals surface area contributed by atoms with Crippen molar-refractivity contribution in [2.45, 2.75) is 43.8 Å². The van der Waals surface area contributed by atoms with Gasteiger partial charge in [0, 0.05) is 12.0 Å². The number of hydrogen-bond acceptors (Lipinski definition) is 3. The van der Waals surface area contributed by atoms with Crippen molar-refractivity contribution >= 4 is 5.91 Å². The Kier molecular flexibility index (Phi) is 4.15. The highest BCUT2D eigenvalue weighted by atomic mass is 19.4. The smallest absolute Gasteiger partial charge is 0.325 e. The van der Waals surface area contributed by atoms with Gasteiger partial charge in [-0.2, -0.15) is 13.2 Å². The van der Waals surface area contributed by atoms with Crippen molar-refractivity contribution in [1.82, 2.24) is 5.48 Å². The van der Waals surface area contributed by atoms with E-state index in [0.29, 0.717) is 0 Å². The topological polar surface area (TPSA) is 64.4 Å². The molecule has 1 rings (SSSR count). The Morgan fingerprint density at radius 1 is 1.38 bits per heavy atom. The first-order valence-corrected chi connectivity index (χ1v) is 5.07. The van der Waals surface area contributed by atoms with Crippen molar-refractivity contribution < 1.29 is 22.8 Å². The third kappa shape index (κ3) is 4.80. The summed E-state index contributed by atoms with van der Waals surface area (Å²) in [6, 6.07) is 0. The zero-order valence-electron chi connectivity index (χ0n) is 8.77. The van der Waals surface area contributed by atoms with Crippen LogP contribution in [0, 0.1) is 0 Å². The van der Waals surface area contributed by atoms with Crippen LogP contribution in [0.5, 0.6) is 0 Å². The fraction of sp³-hybridized carbons (Fsp3) is 0.889. The average Bonchev–Trinajstić information content (AvgIpc) is 2.49. The lowest BCUT2D eigenvalue weighted by molar-refractivity contribution is -0.192. The summed E-state index contributed by atoms with van der Waals surface area (Å²) < 4.78 is 35.1. The largest absolute Gasteiger partial charge is 0.414 e. The van der Waals surface area contributed by atoms with E-state index in [1.165, 1.54) is 0 Å². The van der Waals surface area contributed by atoms with E-state index >= 15 is 0 Å². The number of hydrogen-bond donors (Lipinski definition) is 2. The molecule has 0 spiro atoms. The van der Waals surface area contributed by atoms with E-state index in [-0.39, 0.29) is 6.42 Å². The molecule has 4 nitrogen and oxygen atoms in total. The van der Waals surface area contributed by atoms with Gasteiger partial charge in [-0.25, -0.2) is 5.48 Å². The standard InChI is InChI=1S/C9H15F3N2O2/c10-9(11,12)6-16-14-7(15)5-8(13)3-1-2-4-8/h1-6,13H2,(H,14,15). The molecule has 1 saturated carbocycles. The van der Waals surface area contributed by atoms with E-state index in [1.54, 1.807) is 5.48 Å². The van der Waals surface area contributed by atoms with Crippen LogP contribution in [0.25, 0.3) is 0 Å². The first kappa shape index (κ1) is 13.2. The minimum absolute atomic E-state index is 0.00482. The molecule has 0 radical (unpaired) electrons. The minimum atomic E-state index is -4.44. The van der Waals surface area contributed by atoms with Crippen molar-refractivity contribution in [3.63, 3.8) is 0 Å². The zero-order chi connectivity index (χ0) is 12.2. The highest BCUT2D eigenvalue weighted by Crippen LogP contribution is 2.29. The molecule has 0 aromatic rings. The first-order chi connectivity index (χ1) is 7.31. The second-order valence-corrected chi connectivity index (χ2v) is 4.18. The van der Waals surface area contributed by atoms with E-state index in [1.807, 2.05) is 0 Å². The van der Waals surface area contributed by atoms with E-state index in [0.717, 1.165) is 25.7 Å². The summed E-state index contributed by atoms with van der Waals surface area (Å²) in [5.74, 6) is -0.603. The van der Waals surface area contributed by atoms with Gasteiger partial charge in [0.15, 0.2) is 6.61 Å². The molecule has 0 saturated heterocycles. The van der Waals surface area contributed by atoms with Crippen LogP contribution in [-0.2, 0) is 9.63 Å². The summed E-state index contributed by atoms with van der Waals surface area (Å²) >= 11 is 0. The van der Waals surface area contributed by atoms with Gasteiger partial charge in [0.05, 0.1) is 0 Å². The summed E-state index contributed by atoms with van der Waals surface area (Å²) in [5.41, 5.74) is 7.05. The molecule has 94 valence electrons. The highest BCUT2D eigenvalue weighted by Gasteiger charge is 2.32. The highest BCUT2D eigenvalue weighted by molar-refractivity contribution is 5.76. The maximum Gasteiger partial charge on any atom is 0.414 e. The molecule has 0 bridgehead atoms. The molecule has 1 aliphatic rings. The normalized spacial score (nSPS) is 19.8. The van der Waals surface area contributed by atoms with Gasteiger partial charge in [0.25, 0.3) is 0 Å². The predicted molar refractivity (Wildman–Crippen MR) is 50.2 cm³/mol. The molecule has 0 aliphatic heterocycles. The Bertz CT molecular complexity index is 250. The van der Waals surface area contributed by atoms with Crippen molar-refractivity contribution in [2.75, 3.05) is 6.61 Å². The number of hydroxylamine groups is 1. The van der Waals surface area contributed by atoms with E-state index in [4.69, 9.17) is 5.73 Å². The summed E-state index contributed by atoms with van der Waals surface area (Å²) in [6.45, 7) is -1.49. The number of nitrogens with one attached hydrogen (secondary N) is 1. The Labute approximate surface area is 91.3 Å². The zero-order valence-corrected chi connectivity index (χ0v) is 8.77. The maximum absolute atomic E-state index is 11.7. The van der Waals surface area contributed by atoms with E-state index in [9.17, 15) is 18.0 Å². The summed E-state index contributed by atoms with van der Waals surface area (Å²) in [5, 5.41) is 0. The fourth-order valence-corrected chi connectivity index (χ4v) is 1.81. The van der Waals surface area contributed by atoms with Crippen LogP contribution in [0.4, 0.5) is 13.2 Å². The van der Waals surface area contributed by atoms with Gasteiger partial charge < -0.3 is 5.73 Å². The van der Waals surface area contributed by atoms with Crippen molar-refractivity contribution in [1.29, 1.82) is 0 Å². The van der Waals surface area contributed by atoms with Crippen LogP contribution in [0.2, 0.25) is 0 Å². The SMILES string of the molecule is NC1(CC(=O)NOCC(F)(F)F)CCCC1. The maximum atomic E-state index is 11.7. The van der Waals surface area contributed by atoms with Gasteiger partial charge in [-0.1, -0.05) is 12.8 Å². The molecule has 16 heavy (non-hydrogen) atoms. The predicted octanol–water partition coefficient (Wildman–Crippen LogP) is 1.26. The minimum Gasteiger partial charge on any atom is -0.325 e. The van der Waals surface area contributed by atoms with Crippen molar-refractivity contribution in [3.8, 4) is 0 Å². The molecule has 0 aromatic heterocycles. The van der Waals surface area contributed by atoms with E-state index < -0.39 is 24.2 Å². The second-order valence-electron chi connectivity index (χ2n) is 4.18. The molecule has 1 aliphatic carbocycles. The Hall–Kier alpha value is -0.820. The van der Waals surface area contributed by atoms with Crippen molar-refractivity contribution in [2.24, 2.45) is 5.73 Å². The second kappa shape index (κ2) is 5.01. The molecule has 7 heteroatoms. The molecule has 0 heterocycles. The quantitative estimate of drug-likeness (QED) is 0.727. The van der Waals surface area contributed by atoms with E-state index in [2.05, 4.69) is 4.84 Å². The number of carbonyl (C=O) groups excluding carboxylic acids is 1. The Morgan fingerprint density at radius 3 is 2.44 bits per heavy atom. The lowest BCUT2D eigenvalue weighted by atomic mass is 9.95. The number of carbonyl (C=O) groups is 1. The molecular formula is C9H15F3N2O2. The third-order valence-electron chi connectivity index (χ3n) is 2.53. The number of halogens is 3. The lowest BCUT2D eigenvalue weighted by Crippen LogP contribution is -2.42. The Balaban J connectivity index is 2.21. The van der Waals surface area contributed by atoms with Crippen LogP contribution in [0.1, 0.15) is 32.1 Å². The fourth-order valence-electron chi connectivity index (χ4n) is 1.81. The van der Waals surface area contributed by atoms with Crippen LogP contribution in [0.3, 0.4) is 0 Å². The Morgan fingerprint density at radius 2 is 1.94 bits per heavy atom. The molecule has 0 atom stereocenters. The summed E-state index contributed by atoms with van der Waals surface area (Å²) in [4.78, 5) is 15.2. The number of alkyl halides is 3. The molecular weight excluding hydrogens is 225 g/mol. The number of rotatable bonds is 4. The lowest BCUT2D eigenvalue weighted by Gasteiger charge is -2.22.